The molecule has 9 nitrogen and oxygen atoms in total. The number of ketones is 1. The number of sulfonamides is 1. The normalized spacial score (nSPS) is 15.9. The zero-order valence-electron chi connectivity index (χ0n) is 18.2. The van der Waals surface area contributed by atoms with E-state index < -0.39 is 44.6 Å². The van der Waals surface area contributed by atoms with Gasteiger partial charge in [-0.1, -0.05) is 13.8 Å². The predicted octanol–water partition coefficient (Wildman–Crippen LogP) is 2.11. The van der Waals surface area contributed by atoms with E-state index in [0.29, 0.717) is 0 Å². The minimum absolute atomic E-state index is 0.000651. The van der Waals surface area contributed by atoms with E-state index in [4.69, 9.17) is 5.73 Å². The van der Waals surface area contributed by atoms with E-state index in [1.807, 2.05) is 0 Å². The van der Waals surface area contributed by atoms with E-state index >= 15 is 0 Å². The van der Waals surface area contributed by atoms with Crippen LogP contribution in [0.4, 0.5) is 18.9 Å². The van der Waals surface area contributed by atoms with Gasteiger partial charge in [0, 0.05) is 25.2 Å². The zero-order chi connectivity index (χ0) is 24.8. The number of primary amides is 1. The molecule has 1 aliphatic carbocycles. The number of nitrogens with two attached hydrogens (primary N) is 1. The monoisotopic (exact) mass is 487 g/mol. The predicted molar refractivity (Wildman–Crippen MR) is 115 cm³/mol. The van der Waals surface area contributed by atoms with Gasteiger partial charge in [-0.15, -0.1) is 0 Å². The molecule has 1 aromatic carbocycles. The van der Waals surface area contributed by atoms with Crippen molar-refractivity contribution >= 4 is 27.4 Å². The Morgan fingerprint density at radius 2 is 1.91 bits per heavy atom. The lowest BCUT2D eigenvalue weighted by atomic mass is 9.75. The van der Waals surface area contributed by atoms with Crippen LogP contribution in [0.3, 0.4) is 0 Å². The van der Waals surface area contributed by atoms with Crippen LogP contribution in [0.15, 0.2) is 18.2 Å². The molecular formula is C20H24F3N5O4S. The first-order valence-electron chi connectivity index (χ1n) is 9.94. The molecule has 1 amide bonds. The van der Waals surface area contributed by atoms with Crippen LogP contribution in [0.25, 0.3) is 5.69 Å². The Bertz CT molecular complexity index is 1220. The van der Waals surface area contributed by atoms with E-state index in [1.165, 1.54) is 18.2 Å². The number of amides is 1. The summed E-state index contributed by atoms with van der Waals surface area (Å²) in [6.45, 7) is 3.65. The maximum atomic E-state index is 13.7. The molecule has 0 saturated carbocycles. The first kappa shape index (κ1) is 24.7. The van der Waals surface area contributed by atoms with Crippen molar-refractivity contribution in [2.24, 2.45) is 11.1 Å². The van der Waals surface area contributed by atoms with Gasteiger partial charge < -0.3 is 11.1 Å². The number of aromatic nitrogens is 2. The summed E-state index contributed by atoms with van der Waals surface area (Å²) in [5.74, 6) is -1.41. The van der Waals surface area contributed by atoms with Gasteiger partial charge in [-0.25, -0.2) is 17.8 Å². The van der Waals surface area contributed by atoms with Crippen LogP contribution in [-0.4, -0.2) is 49.2 Å². The van der Waals surface area contributed by atoms with Crippen molar-refractivity contribution < 1.29 is 31.2 Å². The molecule has 0 saturated heterocycles. The van der Waals surface area contributed by atoms with Crippen LogP contribution in [0.5, 0.6) is 0 Å². The zero-order valence-corrected chi connectivity index (χ0v) is 19.0. The summed E-state index contributed by atoms with van der Waals surface area (Å²) in [5, 5.41) is 6.59. The topological polar surface area (TPSA) is 136 Å². The summed E-state index contributed by atoms with van der Waals surface area (Å²) >= 11 is 0. The third-order valence-corrected chi connectivity index (χ3v) is 5.86. The highest BCUT2D eigenvalue weighted by atomic mass is 32.2. The van der Waals surface area contributed by atoms with Crippen molar-refractivity contribution in [3.8, 4) is 5.69 Å². The maximum Gasteiger partial charge on any atom is 0.435 e. The summed E-state index contributed by atoms with van der Waals surface area (Å²) in [6.07, 6.45) is -3.67. The molecular weight excluding hydrogens is 463 g/mol. The number of alkyl halides is 3. The maximum absolute atomic E-state index is 13.7. The van der Waals surface area contributed by atoms with Gasteiger partial charge in [0.25, 0.3) is 5.91 Å². The van der Waals surface area contributed by atoms with Gasteiger partial charge in [-0.2, -0.15) is 18.3 Å². The fraction of sp³-hybridized carbons (Fsp3) is 0.450. The smallest absolute Gasteiger partial charge is 0.383 e. The number of rotatable bonds is 7. The SMILES string of the molecule is CC1(C)CC(=O)c2c(C(F)(F)F)nn(-c3ccc(C(N)=O)c(NCCNS(C)(=O)=O)c3)c2C1. The lowest BCUT2D eigenvalue weighted by molar-refractivity contribution is -0.141. The Balaban J connectivity index is 2.07. The quantitative estimate of drug-likeness (QED) is 0.512. The highest BCUT2D eigenvalue weighted by Gasteiger charge is 2.45. The van der Waals surface area contributed by atoms with Gasteiger partial charge in [0.2, 0.25) is 10.0 Å². The van der Waals surface area contributed by atoms with Gasteiger partial charge in [0.15, 0.2) is 11.5 Å². The highest BCUT2D eigenvalue weighted by molar-refractivity contribution is 7.88. The molecule has 3 rings (SSSR count). The number of carbonyl (C=O) groups is 2. The van der Waals surface area contributed by atoms with Crippen LogP contribution < -0.4 is 15.8 Å². The molecule has 1 heterocycles. The van der Waals surface area contributed by atoms with Gasteiger partial charge >= 0.3 is 6.18 Å². The number of fused-ring (bicyclic) bond motifs is 1. The van der Waals surface area contributed by atoms with Crippen LogP contribution in [-0.2, 0) is 22.6 Å². The van der Waals surface area contributed by atoms with Crippen LogP contribution in [0, 0.1) is 5.41 Å². The first-order valence-corrected chi connectivity index (χ1v) is 11.8. The highest BCUT2D eigenvalue weighted by Crippen LogP contribution is 2.42. The summed E-state index contributed by atoms with van der Waals surface area (Å²) in [7, 11) is -3.43. The standard InChI is InChI=1S/C20H24F3N5O4S/c1-19(2)9-14-16(15(29)10-19)17(20(21,22)23)27-28(14)11-4-5-12(18(24)30)13(8-11)25-6-7-26-33(3,31)32/h4-5,8,25-26H,6-7,9-10H2,1-3H3,(H2,24,30). The average molecular weight is 488 g/mol. The van der Waals surface area contributed by atoms with Crippen LogP contribution in [0.1, 0.15) is 52.4 Å². The summed E-state index contributed by atoms with van der Waals surface area (Å²) in [6, 6.07) is 4.11. The third-order valence-electron chi connectivity index (χ3n) is 5.13. The lowest BCUT2D eigenvalue weighted by Crippen LogP contribution is -2.29. The summed E-state index contributed by atoms with van der Waals surface area (Å²) in [5.41, 5.74) is 3.73. The van der Waals surface area contributed by atoms with Crippen molar-refractivity contribution in [3.63, 3.8) is 0 Å². The van der Waals surface area contributed by atoms with Crippen molar-refractivity contribution in [1.29, 1.82) is 0 Å². The Kier molecular flexibility index (Phi) is 6.33. The minimum Gasteiger partial charge on any atom is -0.383 e. The minimum atomic E-state index is -4.82. The largest absolute Gasteiger partial charge is 0.435 e. The molecule has 33 heavy (non-hydrogen) atoms. The number of Topliss-reactive ketones (excluding diaryl/α,β-unsaturated/α-hetero) is 1. The lowest BCUT2D eigenvalue weighted by Gasteiger charge is -2.29. The Morgan fingerprint density at radius 1 is 1.24 bits per heavy atom. The Hall–Kier alpha value is -2.93. The fourth-order valence-electron chi connectivity index (χ4n) is 3.82. The van der Waals surface area contributed by atoms with Crippen LogP contribution >= 0.6 is 0 Å². The molecule has 0 fully saturated rings. The average Bonchev–Trinajstić information content (AvgIpc) is 3.03. The third kappa shape index (κ3) is 5.53. The molecule has 0 aliphatic heterocycles. The molecule has 2 aromatic rings. The molecule has 0 spiro atoms. The summed E-state index contributed by atoms with van der Waals surface area (Å²) in [4.78, 5) is 24.4. The van der Waals surface area contributed by atoms with Gasteiger partial charge in [-0.05, 0) is 30.0 Å². The molecule has 0 atom stereocenters. The van der Waals surface area contributed by atoms with E-state index in [9.17, 15) is 31.2 Å². The number of nitrogens with zero attached hydrogens (tertiary/aromatic N) is 2. The number of halogens is 3. The second-order valence-corrected chi connectivity index (χ2v) is 10.5. The molecule has 4 N–H and O–H groups in total. The second kappa shape index (κ2) is 8.45. The van der Waals surface area contributed by atoms with Crippen molar-refractivity contribution in [2.75, 3.05) is 24.7 Å². The van der Waals surface area contributed by atoms with Crippen molar-refractivity contribution in [1.82, 2.24) is 14.5 Å². The van der Waals surface area contributed by atoms with E-state index in [0.717, 1.165) is 10.9 Å². The van der Waals surface area contributed by atoms with E-state index in [2.05, 4.69) is 15.1 Å². The molecule has 1 aromatic heterocycles. The molecule has 0 radical (unpaired) electrons. The number of nitrogens with one attached hydrogen (secondary N) is 2. The van der Waals surface area contributed by atoms with Crippen molar-refractivity contribution in [3.05, 3.63) is 40.7 Å². The fourth-order valence-corrected chi connectivity index (χ4v) is 4.29. The van der Waals surface area contributed by atoms with Gasteiger partial charge in [0.1, 0.15) is 0 Å². The number of carbonyl (C=O) groups excluding carboxylic acids is 2. The van der Waals surface area contributed by atoms with Crippen molar-refractivity contribution in [2.45, 2.75) is 32.9 Å². The molecule has 0 unspecified atom stereocenters. The van der Waals surface area contributed by atoms with E-state index in [1.54, 1.807) is 13.8 Å². The van der Waals surface area contributed by atoms with Gasteiger partial charge in [-0.3, -0.25) is 9.59 Å². The summed E-state index contributed by atoms with van der Waals surface area (Å²) < 4.78 is 66.8. The molecule has 180 valence electrons. The van der Waals surface area contributed by atoms with Gasteiger partial charge in [0.05, 0.1) is 28.8 Å². The number of benzene rings is 1. The number of anilines is 1. The molecule has 0 bridgehead atoms. The number of hydrogen-bond acceptors (Lipinski definition) is 6. The molecule has 13 heteroatoms. The van der Waals surface area contributed by atoms with Crippen LogP contribution in [0.2, 0.25) is 0 Å². The Labute approximate surface area is 188 Å². The van der Waals surface area contributed by atoms with E-state index in [-0.39, 0.29) is 48.6 Å². The molecule has 1 aliphatic rings. The first-order chi connectivity index (χ1) is 15.1. The number of hydrogen-bond donors (Lipinski definition) is 3. The second-order valence-electron chi connectivity index (χ2n) is 8.71. The Morgan fingerprint density at radius 3 is 2.48 bits per heavy atom.